The van der Waals surface area contributed by atoms with E-state index in [4.69, 9.17) is 0 Å². The summed E-state index contributed by atoms with van der Waals surface area (Å²) in [4.78, 5) is 0. The Balaban J connectivity index is 2.45. The zero-order chi connectivity index (χ0) is 18.7. The van der Waals surface area contributed by atoms with E-state index in [1.165, 1.54) is 0 Å². The summed E-state index contributed by atoms with van der Waals surface area (Å²) in [7, 11) is 0. The van der Waals surface area contributed by atoms with Crippen LogP contribution in [0.4, 0.5) is 0 Å². The Labute approximate surface area is 153 Å². The Bertz CT molecular complexity index is 391. The summed E-state index contributed by atoms with van der Waals surface area (Å²) < 4.78 is 0. The van der Waals surface area contributed by atoms with Gasteiger partial charge in [-0.05, 0) is 44.9 Å². The van der Waals surface area contributed by atoms with Crippen molar-refractivity contribution in [2.24, 2.45) is 11.8 Å². The molecule has 146 valence electrons. The lowest BCUT2D eigenvalue weighted by atomic mass is 9.89. The van der Waals surface area contributed by atoms with E-state index in [2.05, 4.69) is 19.1 Å². The molecular formula is C21H38O4. The van der Waals surface area contributed by atoms with E-state index in [9.17, 15) is 20.4 Å². The lowest BCUT2D eigenvalue weighted by Gasteiger charge is -2.19. The fraction of sp³-hybridized carbons (Fsp3) is 0.810. The fourth-order valence-electron chi connectivity index (χ4n) is 3.56. The molecule has 0 saturated heterocycles. The normalized spacial score (nSPS) is 29.7. The van der Waals surface area contributed by atoms with Crippen LogP contribution in [0.3, 0.4) is 0 Å². The lowest BCUT2D eigenvalue weighted by Crippen LogP contribution is -2.20. The number of hydrogen-bond acceptors (Lipinski definition) is 4. The lowest BCUT2D eigenvalue weighted by molar-refractivity contribution is 0.120. The largest absolute Gasteiger partial charge is 0.393 e. The van der Waals surface area contributed by atoms with Crippen molar-refractivity contribution >= 4 is 0 Å². The molecule has 0 spiro atoms. The first-order valence-electron chi connectivity index (χ1n) is 10.0. The summed E-state index contributed by atoms with van der Waals surface area (Å²) in [6, 6.07) is 0. The molecule has 6 atom stereocenters. The topological polar surface area (TPSA) is 80.9 Å². The van der Waals surface area contributed by atoms with Crippen LogP contribution in [0, 0.1) is 11.8 Å². The van der Waals surface area contributed by atoms with Gasteiger partial charge in [-0.25, -0.2) is 0 Å². The third-order valence-electron chi connectivity index (χ3n) is 5.14. The van der Waals surface area contributed by atoms with Gasteiger partial charge in [0.25, 0.3) is 0 Å². The van der Waals surface area contributed by atoms with Gasteiger partial charge in [-0.15, -0.1) is 0 Å². The SMILES string of the molecule is CCCCC[C@H](O)/C=C/[C@@H]1[C@@H](C/C=C\CCCC(C)O)[C@@H](O)C[C@H]1O. The van der Waals surface area contributed by atoms with Crippen molar-refractivity contribution in [2.45, 2.75) is 96.1 Å². The van der Waals surface area contributed by atoms with Crippen molar-refractivity contribution in [3.8, 4) is 0 Å². The van der Waals surface area contributed by atoms with Gasteiger partial charge in [0, 0.05) is 12.3 Å². The maximum absolute atomic E-state index is 10.2. The molecule has 0 amide bonds. The van der Waals surface area contributed by atoms with Crippen LogP contribution in [0.2, 0.25) is 0 Å². The summed E-state index contributed by atoms with van der Waals surface area (Å²) in [5, 5.41) is 39.7. The van der Waals surface area contributed by atoms with Crippen LogP contribution in [-0.4, -0.2) is 44.8 Å². The number of allylic oxidation sites excluding steroid dienone is 2. The molecule has 1 aliphatic rings. The second-order valence-corrected chi connectivity index (χ2v) is 7.55. The van der Waals surface area contributed by atoms with E-state index in [1.807, 2.05) is 6.08 Å². The molecular weight excluding hydrogens is 316 g/mol. The first kappa shape index (κ1) is 22.4. The monoisotopic (exact) mass is 354 g/mol. The first-order chi connectivity index (χ1) is 12.0. The third-order valence-corrected chi connectivity index (χ3v) is 5.14. The van der Waals surface area contributed by atoms with Crippen LogP contribution in [0.15, 0.2) is 24.3 Å². The van der Waals surface area contributed by atoms with Gasteiger partial charge in [0.15, 0.2) is 0 Å². The van der Waals surface area contributed by atoms with E-state index in [1.54, 1.807) is 13.0 Å². The van der Waals surface area contributed by atoms with E-state index >= 15 is 0 Å². The van der Waals surface area contributed by atoms with Crippen molar-refractivity contribution in [1.29, 1.82) is 0 Å². The van der Waals surface area contributed by atoms with Gasteiger partial charge < -0.3 is 20.4 Å². The molecule has 1 saturated carbocycles. The smallest absolute Gasteiger partial charge is 0.0721 e. The highest BCUT2D eigenvalue weighted by Crippen LogP contribution is 2.36. The molecule has 4 N–H and O–H groups in total. The number of aliphatic hydroxyl groups excluding tert-OH is 4. The van der Waals surface area contributed by atoms with Crippen LogP contribution in [0.1, 0.15) is 71.6 Å². The minimum Gasteiger partial charge on any atom is -0.393 e. The second-order valence-electron chi connectivity index (χ2n) is 7.55. The quantitative estimate of drug-likeness (QED) is 0.320. The van der Waals surface area contributed by atoms with Gasteiger partial charge in [0.1, 0.15) is 0 Å². The van der Waals surface area contributed by atoms with Crippen LogP contribution in [0.25, 0.3) is 0 Å². The van der Waals surface area contributed by atoms with Gasteiger partial charge in [0.05, 0.1) is 24.4 Å². The van der Waals surface area contributed by atoms with Crippen LogP contribution in [0.5, 0.6) is 0 Å². The molecule has 1 rings (SSSR count). The minimum atomic E-state index is -0.539. The van der Waals surface area contributed by atoms with Gasteiger partial charge in [-0.3, -0.25) is 0 Å². The molecule has 0 bridgehead atoms. The number of unbranched alkanes of at least 4 members (excludes halogenated alkanes) is 3. The molecule has 0 radical (unpaired) electrons. The van der Waals surface area contributed by atoms with Gasteiger partial charge in [-0.1, -0.05) is 50.5 Å². The van der Waals surface area contributed by atoms with Crippen molar-refractivity contribution in [3.63, 3.8) is 0 Å². The zero-order valence-electron chi connectivity index (χ0n) is 15.9. The van der Waals surface area contributed by atoms with Gasteiger partial charge in [0.2, 0.25) is 0 Å². The van der Waals surface area contributed by atoms with Crippen LogP contribution < -0.4 is 0 Å². The standard InChI is InChI=1S/C21H38O4/c1-3-4-7-11-17(23)13-14-19-18(20(24)15-21(19)25)12-9-6-5-8-10-16(2)22/h6,9,13-14,16-25H,3-5,7-8,10-12,15H2,1-2H3/b9-6-,14-13+/t16?,17-,18+,19+,20-,21+/m0/s1. The molecule has 0 heterocycles. The summed E-state index contributed by atoms with van der Waals surface area (Å²) in [6.45, 7) is 3.94. The van der Waals surface area contributed by atoms with E-state index in [0.717, 1.165) is 51.4 Å². The Kier molecular flexibility index (Phi) is 11.3. The Hall–Kier alpha value is -0.680. The van der Waals surface area contributed by atoms with E-state index < -0.39 is 18.3 Å². The highest BCUT2D eigenvalue weighted by molar-refractivity contribution is 5.06. The fourth-order valence-corrected chi connectivity index (χ4v) is 3.56. The molecule has 0 aliphatic heterocycles. The Morgan fingerprint density at radius 2 is 1.76 bits per heavy atom. The van der Waals surface area contributed by atoms with Gasteiger partial charge >= 0.3 is 0 Å². The Morgan fingerprint density at radius 1 is 1.00 bits per heavy atom. The molecule has 1 fully saturated rings. The predicted molar refractivity (Wildman–Crippen MR) is 102 cm³/mol. The highest BCUT2D eigenvalue weighted by atomic mass is 16.3. The number of rotatable bonds is 12. The molecule has 4 nitrogen and oxygen atoms in total. The molecule has 1 aliphatic carbocycles. The summed E-state index contributed by atoms with van der Waals surface area (Å²) in [5.74, 6) is -0.0972. The van der Waals surface area contributed by atoms with Crippen molar-refractivity contribution in [3.05, 3.63) is 24.3 Å². The zero-order valence-corrected chi connectivity index (χ0v) is 15.9. The molecule has 25 heavy (non-hydrogen) atoms. The molecule has 0 aromatic rings. The minimum absolute atomic E-state index is 0.00195. The summed E-state index contributed by atoms with van der Waals surface area (Å²) in [5.41, 5.74) is 0. The van der Waals surface area contributed by atoms with E-state index in [0.29, 0.717) is 6.42 Å². The highest BCUT2D eigenvalue weighted by Gasteiger charge is 2.39. The average molecular weight is 355 g/mol. The summed E-state index contributed by atoms with van der Waals surface area (Å²) in [6.07, 6.45) is 14.0. The van der Waals surface area contributed by atoms with Crippen molar-refractivity contribution in [1.82, 2.24) is 0 Å². The van der Waals surface area contributed by atoms with Crippen LogP contribution >= 0.6 is 0 Å². The predicted octanol–water partition coefficient (Wildman–Crippen LogP) is 3.34. The molecule has 0 aromatic carbocycles. The maximum atomic E-state index is 10.2. The van der Waals surface area contributed by atoms with Crippen molar-refractivity contribution in [2.75, 3.05) is 0 Å². The first-order valence-corrected chi connectivity index (χ1v) is 10.0. The third kappa shape index (κ3) is 9.00. The number of aliphatic hydroxyl groups is 4. The van der Waals surface area contributed by atoms with E-state index in [-0.39, 0.29) is 17.9 Å². The second kappa shape index (κ2) is 12.6. The van der Waals surface area contributed by atoms with Crippen LogP contribution in [-0.2, 0) is 0 Å². The summed E-state index contributed by atoms with van der Waals surface area (Å²) >= 11 is 0. The van der Waals surface area contributed by atoms with Gasteiger partial charge in [-0.2, -0.15) is 0 Å². The molecule has 0 aromatic heterocycles. The number of hydrogen-bond donors (Lipinski definition) is 4. The molecule has 4 heteroatoms. The average Bonchev–Trinajstić information content (AvgIpc) is 2.82. The van der Waals surface area contributed by atoms with Crippen molar-refractivity contribution < 1.29 is 20.4 Å². The Morgan fingerprint density at radius 3 is 2.44 bits per heavy atom. The molecule has 1 unspecified atom stereocenters. The maximum Gasteiger partial charge on any atom is 0.0721 e.